The Balaban J connectivity index is 1.67. The van der Waals surface area contributed by atoms with Crippen molar-refractivity contribution in [3.05, 3.63) is 41.1 Å². The van der Waals surface area contributed by atoms with Crippen molar-refractivity contribution in [2.24, 2.45) is 0 Å². The summed E-state index contributed by atoms with van der Waals surface area (Å²) in [7, 11) is 4.71. The van der Waals surface area contributed by atoms with E-state index in [4.69, 9.17) is 14.5 Å². The molecule has 0 bridgehead atoms. The summed E-state index contributed by atoms with van der Waals surface area (Å²) in [6.45, 7) is 4.24. The second-order valence-corrected chi connectivity index (χ2v) is 9.30. The van der Waals surface area contributed by atoms with E-state index in [1.54, 1.807) is 20.2 Å². The average Bonchev–Trinajstić information content (AvgIpc) is 3.75. The molecule has 0 radical (unpaired) electrons. The van der Waals surface area contributed by atoms with Gasteiger partial charge in [-0.3, -0.25) is 9.59 Å². The Hall–Kier alpha value is -3.64. The smallest absolute Gasteiger partial charge is 0.254 e. The molecule has 1 aromatic carbocycles. The van der Waals surface area contributed by atoms with Gasteiger partial charge in [0.1, 0.15) is 17.6 Å². The number of benzene rings is 1. The lowest BCUT2D eigenvalue weighted by molar-refractivity contribution is -0.134. The fourth-order valence-electron chi connectivity index (χ4n) is 4.77. The normalized spacial score (nSPS) is 17.5. The highest BCUT2D eigenvalue weighted by Crippen LogP contribution is 2.45. The van der Waals surface area contributed by atoms with E-state index in [-0.39, 0.29) is 17.9 Å². The number of anilines is 1. The minimum Gasteiger partial charge on any atom is -0.496 e. The zero-order valence-electron chi connectivity index (χ0n) is 21.3. The van der Waals surface area contributed by atoms with Gasteiger partial charge in [0.25, 0.3) is 5.91 Å². The van der Waals surface area contributed by atoms with Crippen molar-refractivity contribution in [3.63, 3.8) is 0 Å². The average molecular weight is 492 g/mol. The lowest BCUT2D eigenvalue weighted by Gasteiger charge is -2.41. The van der Waals surface area contributed by atoms with Gasteiger partial charge in [0.2, 0.25) is 5.91 Å². The maximum absolute atomic E-state index is 12.5. The minimum atomic E-state index is -0.221. The fourth-order valence-corrected chi connectivity index (χ4v) is 4.77. The van der Waals surface area contributed by atoms with Crippen LogP contribution in [0, 0.1) is 11.3 Å². The van der Waals surface area contributed by atoms with Gasteiger partial charge in [-0.15, -0.1) is 0 Å². The topological polar surface area (TPSA) is 108 Å². The van der Waals surface area contributed by atoms with E-state index >= 15 is 0 Å². The molecule has 1 saturated carbocycles. The first kappa shape index (κ1) is 25.5. The van der Waals surface area contributed by atoms with Gasteiger partial charge in [0.15, 0.2) is 0 Å². The zero-order chi connectivity index (χ0) is 25.8. The van der Waals surface area contributed by atoms with E-state index in [0.717, 1.165) is 29.7 Å². The molecule has 2 fully saturated rings. The highest BCUT2D eigenvalue weighted by atomic mass is 16.5. The van der Waals surface area contributed by atoms with Crippen molar-refractivity contribution in [1.82, 2.24) is 15.2 Å². The van der Waals surface area contributed by atoms with E-state index < -0.39 is 0 Å². The monoisotopic (exact) mass is 491 g/mol. The number of aromatic nitrogens is 1. The number of piperazine rings is 1. The highest BCUT2D eigenvalue weighted by molar-refractivity contribution is 5.97. The Morgan fingerprint density at radius 2 is 2.00 bits per heavy atom. The van der Waals surface area contributed by atoms with Gasteiger partial charge in [-0.05, 0) is 43.5 Å². The van der Waals surface area contributed by atoms with Gasteiger partial charge >= 0.3 is 0 Å². The SMILES string of the molecule is CNC(=O)c1ccc(-c2cc(C#N)c(N3CCN(C(=O)CCOC)[C@H](C)C3)nc2C2CC2)cc1OC. The fraction of sp³-hybridized carbons (Fsp3) is 0.481. The molecule has 2 amide bonds. The number of rotatable bonds is 8. The zero-order valence-corrected chi connectivity index (χ0v) is 21.3. The second kappa shape index (κ2) is 11.0. The summed E-state index contributed by atoms with van der Waals surface area (Å²) in [6, 6.07) is 9.70. The molecule has 9 nitrogen and oxygen atoms in total. The first-order valence-electron chi connectivity index (χ1n) is 12.3. The second-order valence-electron chi connectivity index (χ2n) is 9.30. The van der Waals surface area contributed by atoms with E-state index in [1.807, 2.05) is 30.0 Å². The van der Waals surface area contributed by atoms with Crippen LogP contribution in [0.15, 0.2) is 24.3 Å². The summed E-state index contributed by atoms with van der Waals surface area (Å²) in [6.07, 6.45) is 2.47. The van der Waals surface area contributed by atoms with Crippen LogP contribution in [0.3, 0.4) is 0 Å². The first-order chi connectivity index (χ1) is 17.4. The number of nitrogens with one attached hydrogen (secondary N) is 1. The molecule has 1 aliphatic carbocycles. The van der Waals surface area contributed by atoms with Gasteiger partial charge in [0.05, 0.1) is 37.0 Å². The van der Waals surface area contributed by atoms with Crippen LogP contribution >= 0.6 is 0 Å². The van der Waals surface area contributed by atoms with E-state index in [1.165, 1.54) is 7.11 Å². The van der Waals surface area contributed by atoms with Crippen LogP contribution in [0.4, 0.5) is 5.82 Å². The summed E-state index contributed by atoms with van der Waals surface area (Å²) in [5, 5.41) is 12.7. The molecule has 36 heavy (non-hydrogen) atoms. The molecular weight excluding hydrogens is 458 g/mol. The third-order valence-electron chi connectivity index (χ3n) is 6.87. The number of pyridine rings is 1. The number of hydrogen-bond acceptors (Lipinski definition) is 7. The van der Waals surface area contributed by atoms with Crippen LogP contribution in [0.1, 0.15) is 53.7 Å². The molecule has 2 aromatic rings. The molecule has 1 N–H and O–H groups in total. The predicted molar refractivity (Wildman–Crippen MR) is 136 cm³/mol. The molecule has 1 aliphatic heterocycles. The summed E-state index contributed by atoms with van der Waals surface area (Å²) in [4.78, 5) is 33.8. The molecule has 1 aromatic heterocycles. The number of carbonyl (C=O) groups excluding carboxylic acids is 2. The van der Waals surface area contributed by atoms with E-state index in [9.17, 15) is 14.9 Å². The van der Waals surface area contributed by atoms with Gasteiger partial charge in [-0.2, -0.15) is 5.26 Å². The van der Waals surface area contributed by atoms with Crippen molar-refractivity contribution in [2.75, 3.05) is 52.4 Å². The molecule has 0 unspecified atom stereocenters. The number of methoxy groups -OCH3 is 2. The number of carbonyl (C=O) groups is 2. The molecule has 0 spiro atoms. The van der Waals surface area contributed by atoms with E-state index in [0.29, 0.717) is 61.3 Å². The third kappa shape index (κ3) is 5.14. The standard InChI is InChI=1S/C27H33N5O4/c1-17-16-31(10-11-32(17)24(33)9-12-35-3)26-20(15-28)13-22(25(30-26)18-5-6-18)19-7-8-21(27(34)29-2)23(14-19)36-4/h7-8,13-14,17-18H,5-6,9-12,16H2,1-4H3,(H,29,34)/t17-/m1/s1. The van der Waals surface area contributed by atoms with Gasteiger partial charge < -0.3 is 24.6 Å². The van der Waals surface area contributed by atoms with Crippen molar-refractivity contribution < 1.29 is 19.1 Å². The lowest BCUT2D eigenvalue weighted by Crippen LogP contribution is -2.54. The Morgan fingerprint density at radius 1 is 1.22 bits per heavy atom. The van der Waals surface area contributed by atoms with Crippen LogP contribution in [-0.4, -0.2) is 75.2 Å². The number of hydrogen-bond donors (Lipinski definition) is 1. The van der Waals surface area contributed by atoms with Gasteiger partial charge in [0, 0.05) is 51.3 Å². The van der Waals surface area contributed by atoms with Crippen LogP contribution in [0.2, 0.25) is 0 Å². The quantitative estimate of drug-likeness (QED) is 0.605. The van der Waals surface area contributed by atoms with Crippen LogP contribution in [0.25, 0.3) is 11.1 Å². The summed E-state index contributed by atoms with van der Waals surface area (Å²) >= 11 is 0. The highest BCUT2D eigenvalue weighted by Gasteiger charge is 2.33. The number of ether oxygens (including phenoxy) is 2. The molecule has 1 saturated heterocycles. The van der Waals surface area contributed by atoms with Crippen LogP contribution in [0.5, 0.6) is 5.75 Å². The summed E-state index contributed by atoms with van der Waals surface area (Å²) < 4.78 is 10.5. The number of amides is 2. The molecular formula is C27H33N5O4. The number of nitrogens with zero attached hydrogens (tertiary/aromatic N) is 4. The minimum absolute atomic E-state index is 0.00187. The molecule has 9 heteroatoms. The largest absolute Gasteiger partial charge is 0.496 e. The molecule has 4 rings (SSSR count). The number of nitriles is 1. The molecule has 1 atom stereocenters. The first-order valence-corrected chi connectivity index (χ1v) is 12.3. The van der Waals surface area contributed by atoms with Crippen molar-refractivity contribution >= 4 is 17.6 Å². The predicted octanol–water partition coefficient (Wildman–Crippen LogP) is 2.94. The van der Waals surface area contributed by atoms with E-state index in [2.05, 4.69) is 16.3 Å². The molecule has 190 valence electrons. The maximum Gasteiger partial charge on any atom is 0.254 e. The van der Waals surface area contributed by atoms with Gasteiger partial charge in [-0.1, -0.05) is 6.07 Å². The Bertz CT molecular complexity index is 1190. The Labute approximate surface area is 212 Å². The maximum atomic E-state index is 12.5. The van der Waals surface area contributed by atoms with Crippen molar-refractivity contribution in [1.29, 1.82) is 5.26 Å². The van der Waals surface area contributed by atoms with Gasteiger partial charge in [-0.25, -0.2) is 4.98 Å². The lowest BCUT2D eigenvalue weighted by atomic mass is 9.97. The summed E-state index contributed by atoms with van der Waals surface area (Å²) in [5.41, 5.74) is 3.66. The van der Waals surface area contributed by atoms with Crippen LogP contribution in [-0.2, 0) is 9.53 Å². The van der Waals surface area contributed by atoms with Crippen molar-refractivity contribution in [2.45, 2.75) is 38.1 Å². The van der Waals surface area contributed by atoms with Crippen molar-refractivity contribution in [3.8, 4) is 22.9 Å². The van der Waals surface area contributed by atoms with Crippen LogP contribution < -0.4 is 15.0 Å². The molecule has 2 aliphatic rings. The third-order valence-corrected chi connectivity index (χ3v) is 6.87. The summed E-state index contributed by atoms with van der Waals surface area (Å²) in [5.74, 6) is 1.35. The molecule has 2 heterocycles. The Kier molecular flexibility index (Phi) is 7.75. The Morgan fingerprint density at radius 3 is 2.61 bits per heavy atom.